The minimum Gasteiger partial charge on any atom is -0.321 e. The van der Waals surface area contributed by atoms with Gasteiger partial charge < -0.3 is 4.98 Å². The van der Waals surface area contributed by atoms with Gasteiger partial charge in [0, 0.05) is 41.6 Å². The molecule has 0 spiro atoms. The minimum absolute atomic E-state index is 0.0301. The van der Waals surface area contributed by atoms with Gasteiger partial charge in [-0.05, 0) is 53.1 Å². The van der Waals surface area contributed by atoms with Crippen molar-refractivity contribution in [3.8, 4) is 33.8 Å². The zero-order valence-corrected chi connectivity index (χ0v) is 20.2. The Kier molecular flexibility index (Phi) is 5.46. The van der Waals surface area contributed by atoms with E-state index in [4.69, 9.17) is 4.98 Å². The highest BCUT2D eigenvalue weighted by Crippen LogP contribution is 2.33. The van der Waals surface area contributed by atoms with Crippen LogP contribution in [0.5, 0.6) is 0 Å². The third-order valence-electron chi connectivity index (χ3n) is 5.87. The van der Waals surface area contributed by atoms with Crippen molar-refractivity contribution in [2.24, 2.45) is 0 Å². The molecule has 0 aliphatic rings. The molecular formula is C25H19FN8O2S. The van der Waals surface area contributed by atoms with Gasteiger partial charge >= 0.3 is 0 Å². The summed E-state index contributed by atoms with van der Waals surface area (Å²) in [5.41, 5.74) is 5.97. The Morgan fingerprint density at radius 3 is 2.65 bits per heavy atom. The molecule has 4 heterocycles. The molecule has 0 saturated carbocycles. The summed E-state index contributed by atoms with van der Waals surface area (Å²) in [7, 11) is -3.42. The number of H-pyrrole nitrogens is 2. The summed E-state index contributed by atoms with van der Waals surface area (Å²) in [6, 6.07) is 12.0. The second-order valence-corrected chi connectivity index (χ2v) is 10.4. The summed E-state index contributed by atoms with van der Waals surface area (Å²) in [5.74, 6) is 0.0114. The summed E-state index contributed by atoms with van der Waals surface area (Å²) in [4.78, 5) is 20.6. The van der Waals surface area contributed by atoms with Gasteiger partial charge in [0.25, 0.3) is 0 Å². The highest BCUT2D eigenvalue weighted by atomic mass is 32.2. The number of pyridine rings is 1. The number of nitrogens with one attached hydrogen (secondary N) is 3. The first-order valence-corrected chi connectivity index (χ1v) is 13.1. The SMILES string of the molecule is CS(=O)(=O)NCc1cc(F)cc(-c2ccnc3[nH]c(-c4n[nH]c5ccc(-c6cncnc6)cc45)nc23)c1. The fourth-order valence-corrected chi connectivity index (χ4v) is 4.63. The Balaban J connectivity index is 1.44. The molecule has 10 nitrogen and oxygen atoms in total. The molecule has 0 amide bonds. The number of nitrogens with zero attached hydrogens (tertiary/aromatic N) is 5. The van der Waals surface area contributed by atoms with Crippen molar-refractivity contribution in [3.63, 3.8) is 0 Å². The molecule has 4 aromatic heterocycles. The third kappa shape index (κ3) is 4.55. The highest BCUT2D eigenvalue weighted by Gasteiger charge is 2.17. The van der Waals surface area contributed by atoms with Gasteiger partial charge in [-0.15, -0.1) is 0 Å². The predicted octanol–water partition coefficient (Wildman–Crippen LogP) is 3.81. The molecule has 2 aromatic carbocycles. The number of fused-ring (bicyclic) bond motifs is 2. The maximum atomic E-state index is 14.5. The number of hydrogen-bond acceptors (Lipinski definition) is 7. The Bertz CT molecular complexity index is 1880. The van der Waals surface area contributed by atoms with E-state index in [1.807, 2.05) is 18.2 Å². The van der Waals surface area contributed by atoms with Gasteiger partial charge in [0.2, 0.25) is 10.0 Å². The summed E-state index contributed by atoms with van der Waals surface area (Å²) >= 11 is 0. The molecular weight excluding hydrogens is 495 g/mol. The Morgan fingerprint density at radius 1 is 1.00 bits per heavy atom. The van der Waals surface area contributed by atoms with Gasteiger partial charge in [0.1, 0.15) is 23.4 Å². The smallest absolute Gasteiger partial charge is 0.209 e. The van der Waals surface area contributed by atoms with Crippen LogP contribution in [0.1, 0.15) is 5.56 Å². The van der Waals surface area contributed by atoms with E-state index >= 15 is 0 Å². The van der Waals surface area contributed by atoms with Gasteiger partial charge in [0.05, 0.1) is 11.8 Å². The van der Waals surface area contributed by atoms with Crippen LogP contribution >= 0.6 is 0 Å². The van der Waals surface area contributed by atoms with E-state index in [1.54, 1.807) is 30.7 Å². The standard InChI is InChI=1S/C25H19FN8O2S/c1-37(35,36)30-10-14-6-16(8-18(26)7-14)19-4-5-29-24-22(19)31-25(32-24)23-20-9-15(2-3-21(20)33-34-23)17-11-27-13-28-12-17/h2-9,11-13,30H,10H2,1H3,(H,33,34)(H,29,31,32). The van der Waals surface area contributed by atoms with Crippen LogP contribution in [0.15, 0.2) is 67.4 Å². The molecule has 6 aromatic rings. The molecule has 0 aliphatic heterocycles. The van der Waals surface area contributed by atoms with Gasteiger partial charge in [0.15, 0.2) is 11.5 Å². The van der Waals surface area contributed by atoms with Crippen molar-refractivity contribution < 1.29 is 12.8 Å². The van der Waals surface area contributed by atoms with Crippen LogP contribution in [0.4, 0.5) is 4.39 Å². The van der Waals surface area contributed by atoms with Crippen LogP contribution in [0.3, 0.4) is 0 Å². The van der Waals surface area contributed by atoms with Crippen molar-refractivity contribution in [1.82, 2.24) is 39.8 Å². The second-order valence-electron chi connectivity index (χ2n) is 8.54. The Morgan fingerprint density at radius 2 is 1.84 bits per heavy atom. The summed E-state index contributed by atoms with van der Waals surface area (Å²) in [6.07, 6.45) is 7.62. The van der Waals surface area contributed by atoms with Crippen molar-refractivity contribution in [2.45, 2.75) is 6.54 Å². The third-order valence-corrected chi connectivity index (χ3v) is 6.54. The number of hydrogen-bond donors (Lipinski definition) is 3. The first-order chi connectivity index (χ1) is 17.8. The number of halogens is 1. The van der Waals surface area contributed by atoms with Crippen LogP contribution in [0.2, 0.25) is 0 Å². The van der Waals surface area contributed by atoms with Gasteiger partial charge in [-0.1, -0.05) is 6.07 Å². The van der Waals surface area contributed by atoms with Crippen LogP contribution in [0, 0.1) is 5.82 Å². The summed E-state index contributed by atoms with van der Waals surface area (Å²) in [5, 5.41) is 8.35. The number of benzene rings is 2. The second kappa shape index (κ2) is 8.84. The van der Waals surface area contributed by atoms with Crippen molar-refractivity contribution in [2.75, 3.05) is 6.26 Å². The first-order valence-electron chi connectivity index (χ1n) is 11.2. The molecule has 0 radical (unpaired) electrons. The normalized spacial score (nSPS) is 11.9. The lowest BCUT2D eigenvalue weighted by atomic mass is 10.0. The van der Waals surface area contributed by atoms with Crippen LogP contribution in [-0.2, 0) is 16.6 Å². The fraction of sp³-hybridized carbons (Fsp3) is 0.0800. The Hall–Kier alpha value is -4.55. The molecule has 0 bridgehead atoms. The van der Waals surface area contributed by atoms with Gasteiger partial charge in [-0.2, -0.15) is 5.10 Å². The lowest BCUT2D eigenvalue weighted by molar-refractivity contribution is 0.586. The van der Waals surface area contributed by atoms with Crippen molar-refractivity contribution in [3.05, 3.63) is 78.8 Å². The molecule has 184 valence electrons. The molecule has 3 N–H and O–H groups in total. The maximum absolute atomic E-state index is 14.5. The number of rotatable bonds is 6. The molecule has 0 fully saturated rings. The topological polar surface area (TPSA) is 142 Å². The summed E-state index contributed by atoms with van der Waals surface area (Å²) < 4.78 is 39.8. The number of imidazole rings is 1. The van der Waals surface area contributed by atoms with E-state index < -0.39 is 15.8 Å². The highest BCUT2D eigenvalue weighted by molar-refractivity contribution is 7.88. The largest absolute Gasteiger partial charge is 0.321 e. The lowest BCUT2D eigenvalue weighted by Crippen LogP contribution is -2.21. The quantitative estimate of drug-likeness (QED) is 0.307. The van der Waals surface area contributed by atoms with E-state index in [9.17, 15) is 12.8 Å². The number of aromatic amines is 2. The zero-order valence-electron chi connectivity index (χ0n) is 19.4. The van der Waals surface area contributed by atoms with E-state index in [-0.39, 0.29) is 6.54 Å². The van der Waals surface area contributed by atoms with Crippen LogP contribution in [-0.4, -0.2) is 49.8 Å². The predicted molar refractivity (Wildman–Crippen MR) is 137 cm³/mol. The van der Waals surface area contributed by atoms with Crippen molar-refractivity contribution >= 4 is 32.1 Å². The zero-order chi connectivity index (χ0) is 25.6. The molecule has 0 saturated heterocycles. The van der Waals surface area contributed by atoms with E-state index in [2.05, 4.69) is 34.9 Å². The molecule has 12 heteroatoms. The molecule has 6 rings (SSSR count). The minimum atomic E-state index is -3.42. The van der Waals surface area contributed by atoms with Crippen LogP contribution in [0.25, 0.3) is 55.8 Å². The van der Waals surface area contributed by atoms with E-state index in [1.165, 1.54) is 18.5 Å². The maximum Gasteiger partial charge on any atom is 0.209 e. The number of sulfonamides is 1. The van der Waals surface area contributed by atoms with E-state index in [0.717, 1.165) is 28.3 Å². The average molecular weight is 515 g/mol. The van der Waals surface area contributed by atoms with Crippen LogP contribution < -0.4 is 4.72 Å². The first kappa shape index (κ1) is 22.9. The van der Waals surface area contributed by atoms with Crippen molar-refractivity contribution in [1.29, 1.82) is 0 Å². The average Bonchev–Trinajstić information content (AvgIpc) is 3.51. The summed E-state index contributed by atoms with van der Waals surface area (Å²) in [6.45, 7) is -0.0301. The van der Waals surface area contributed by atoms with Gasteiger partial charge in [-0.3, -0.25) is 5.10 Å². The molecule has 0 atom stereocenters. The monoisotopic (exact) mass is 514 g/mol. The van der Waals surface area contributed by atoms with E-state index in [0.29, 0.717) is 39.4 Å². The Labute approximate surface area is 210 Å². The molecule has 37 heavy (non-hydrogen) atoms. The number of aromatic nitrogens is 7. The van der Waals surface area contributed by atoms with Gasteiger partial charge in [-0.25, -0.2) is 37.5 Å². The lowest BCUT2D eigenvalue weighted by Gasteiger charge is -2.07. The fourth-order valence-electron chi connectivity index (χ4n) is 4.20. The molecule has 0 aliphatic carbocycles. The molecule has 0 unspecified atom stereocenters.